The molecule has 0 aliphatic heterocycles. The van der Waals surface area contributed by atoms with E-state index in [0.717, 1.165) is 6.42 Å². The molecule has 1 atom stereocenters. The molecule has 2 aromatic rings. The molecule has 0 radical (unpaired) electrons. The van der Waals surface area contributed by atoms with Gasteiger partial charge in [-0.1, -0.05) is 19.1 Å². The van der Waals surface area contributed by atoms with Crippen LogP contribution in [-0.4, -0.2) is 47.6 Å². The van der Waals surface area contributed by atoms with Crippen LogP contribution < -0.4 is 11.2 Å². The minimum Gasteiger partial charge on any atom is -0.382 e. The Morgan fingerprint density at radius 3 is 2.36 bits per heavy atom. The van der Waals surface area contributed by atoms with Gasteiger partial charge >= 0.3 is 0 Å². The summed E-state index contributed by atoms with van der Waals surface area (Å²) in [5, 5.41) is 1.19. The topological polar surface area (TPSA) is 118 Å². The first kappa shape index (κ1) is 21.8. The standard InChI is InChI=1S/C19H27N5O3S/c1-6-13(4)24(5)23-19(25)17-18(20)21-11-16(22-17)14-7-9-15(10-8-14)28(26,27)12(2)3/h7-13H,6H2,1-5H3,(H2,20,21)(H,23,25)/t13-/m1/s1. The largest absolute Gasteiger partial charge is 0.382 e. The molecule has 0 unspecified atom stereocenters. The molecule has 1 amide bonds. The Morgan fingerprint density at radius 2 is 1.82 bits per heavy atom. The number of nitrogens with one attached hydrogen (secondary N) is 1. The molecule has 9 heteroatoms. The van der Waals surface area contributed by atoms with Crippen molar-refractivity contribution in [2.24, 2.45) is 0 Å². The number of aromatic nitrogens is 2. The maximum Gasteiger partial charge on any atom is 0.288 e. The van der Waals surface area contributed by atoms with Crippen LogP contribution in [-0.2, 0) is 9.84 Å². The lowest BCUT2D eigenvalue weighted by Gasteiger charge is -2.24. The van der Waals surface area contributed by atoms with Crippen LogP contribution in [0.2, 0.25) is 0 Å². The number of hydrazine groups is 1. The van der Waals surface area contributed by atoms with Gasteiger partial charge in [0.1, 0.15) is 0 Å². The van der Waals surface area contributed by atoms with Crippen molar-refractivity contribution in [2.75, 3.05) is 12.8 Å². The molecule has 1 aromatic carbocycles. The van der Waals surface area contributed by atoms with Crippen LogP contribution in [0.25, 0.3) is 11.3 Å². The van der Waals surface area contributed by atoms with Gasteiger partial charge in [0.2, 0.25) is 0 Å². The molecule has 1 aromatic heterocycles. The molecule has 28 heavy (non-hydrogen) atoms. The number of amides is 1. The lowest BCUT2D eigenvalue weighted by molar-refractivity contribution is 0.0765. The van der Waals surface area contributed by atoms with E-state index in [9.17, 15) is 13.2 Å². The number of anilines is 1. The number of nitrogens with two attached hydrogens (primary N) is 1. The van der Waals surface area contributed by atoms with Gasteiger partial charge in [0.25, 0.3) is 5.91 Å². The fraction of sp³-hybridized carbons (Fsp3) is 0.421. The fourth-order valence-electron chi connectivity index (χ4n) is 2.39. The van der Waals surface area contributed by atoms with Gasteiger partial charge in [-0.25, -0.2) is 23.4 Å². The van der Waals surface area contributed by atoms with E-state index in [1.807, 2.05) is 13.8 Å². The quantitative estimate of drug-likeness (QED) is 0.678. The molecule has 0 saturated carbocycles. The summed E-state index contributed by atoms with van der Waals surface area (Å²) in [6, 6.07) is 6.49. The van der Waals surface area contributed by atoms with Crippen LogP contribution in [0.1, 0.15) is 44.6 Å². The van der Waals surface area contributed by atoms with Crippen LogP contribution in [0, 0.1) is 0 Å². The van der Waals surface area contributed by atoms with Gasteiger partial charge in [-0.3, -0.25) is 10.2 Å². The molecule has 152 valence electrons. The molecule has 0 fully saturated rings. The van der Waals surface area contributed by atoms with Crippen molar-refractivity contribution < 1.29 is 13.2 Å². The Balaban J connectivity index is 2.31. The van der Waals surface area contributed by atoms with Crippen LogP contribution in [0.15, 0.2) is 35.4 Å². The van der Waals surface area contributed by atoms with E-state index < -0.39 is 21.0 Å². The van der Waals surface area contributed by atoms with Crippen molar-refractivity contribution in [3.8, 4) is 11.3 Å². The number of sulfone groups is 1. The molecular formula is C19H27N5O3S. The number of hydrogen-bond donors (Lipinski definition) is 2. The molecule has 0 aliphatic carbocycles. The highest BCUT2D eigenvalue weighted by Gasteiger charge is 2.20. The van der Waals surface area contributed by atoms with Crippen molar-refractivity contribution in [3.05, 3.63) is 36.2 Å². The molecule has 0 aliphatic rings. The highest BCUT2D eigenvalue weighted by molar-refractivity contribution is 7.92. The SMILES string of the molecule is CC[C@@H](C)N(C)NC(=O)c1nc(-c2ccc(S(=O)(=O)C(C)C)cc2)cnc1N. The van der Waals surface area contributed by atoms with Gasteiger partial charge in [-0.2, -0.15) is 0 Å². The molecule has 0 saturated heterocycles. The van der Waals surface area contributed by atoms with Crippen LogP contribution in [0.3, 0.4) is 0 Å². The van der Waals surface area contributed by atoms with E-state index in [-0.39, 0.29) is 22.4 Å². The van der Waals surface area contributed by atoms with Crippen LogP contribution in [0.4, 0.5) is 5.82 Å². The smallest absolute Gasteiger partial charge is 0.288 e. The molecule has 0 spiro atoms. The number of carbonyl (C=O) groups excluding carboxylic acids is 1. The third kappa shape index (κ3) is 4.66. The van der Waals surface area contributed by atoms with E-state index in [4.69, 9.17) is 5.73 Å². The third-order valence-corrected chi connectivity index (χ3v) is 6.82. The second kappa shape index (κ2) is 8.66. The second-order valence-corrected chi connectivity index (χ2v) is 9.42. The van der Waals surface area contributed by atoms with E-state index in [2.05, 4.69) is 15.4 Å². The Hall–Kier alpha value is -2.52. The summed E-state index contributed by atoms with van der Waals surface area (Å²) in [4.78, 5) is 21.2. The first-order chi connectivity index (χ1) is 13.1. The van der Waals surface area contributed by atoms with Gasteiger partial charge in [-0.15, -0.1) is 0 Å². The van der Waals surface area contributed by atoms with Crippen molar-refractivity contribution in [1.29, 1.82) is 0 Å². The summed E-state index contributed by atoms with van der Waals surface area (Å²) in [6.07, 6.45) is 2.32. The second-order valence-electron chi connectivity index (χ2n) is 6.92. The van der Waals surface area contributed by atoms with Crippen molar-refractivity contribution in [3.63, 3.8) is 0 Å². The fourth-order valence-corrected chi connectivity index (χ4v) is 3.45. The van der Waals surface area contributed by atoms with E-state index in [1.54, 1.807) is 38.0 Å². The summed E-state index contributed by atoms with van der Waals surface area (Å²) in [7, 11) is -1.58. The third-order valence-electron chi connectivity index (χ3n) is 4.64. The van der Waals surface area contributed by atoms with Gasteiger partial charge in [0, 0.05) is 18.7 Å². The van der Waals surface area contributed by atoms with Crippen molar-refractivity contribution in [1.82, 2.24) is 20.4 Å². The van der Waals surface area contributed by atoms with Gasteiger partial charge in [0.15, 0.2) is 21.3 Å². The summed E-state index contributed by atoms with van der Waals surface area (Å²) < 4.78 is 24.5. The van der Waals surface area contributed by atoms with Crippen LogP contribution in [0.5, 0.6) is 0 Å². The molecule has 1 heterocycles. The van der Waals surface area contributed by atoms with Gasteiger partial charge in [-0.05, 0) is 39.3 Å². The average Bonchev–Trinajstić information content (AvgIpc) is 2.67. The zero-order valence-electron chi connectivity index (χ0n) is 16.8. The number of benzene rings is 1. The Kier molecular flexibility index (Phi) is 6.73. The highest BCUT2D eigenvalue weighted by atomic mass is 32.2. The lowest BCUT2D eigenvalue weighted by atomic mass is 10.1. The lowest BCUT2D eigenvalue weighted by Crippen LogP contribution is -2.44. The number of nitrogen functional groups attached to an aromatic ring is 1. The van der Waals surface area contributed by atoms with Crippen molar-refractivity contribution in [2.45, 2.75) is 50.3 Å². The van der Waals surface area contributed by atoms with E-state index in [0.29, 0.717) is 11.3 Å². The van der Waals surface area contributed by atoms with Crippen LogP contribution >= 0.6 is 0 Å². The van der Waals surface area contributed by atoms with Gasteiger partial charge in [0.05, 0.1) is 22.0 Å². The normalized spacial score (nSPS) is 13.0. The Labute approximate surface area is 166 Å². The molecule has 8 nitrogen and oxygen atoms in total. The minimum absolute atomic E-state index is 0.0199. The zero-order chi connectivity index (χ0) is 21.1. The van der Waals surface area contributed by atoms with Gasteiger partial charge < -0.3 is 5.73 Å². The first-order valence-electron chi connectivity index (χ1n) is 9.08. The monoisotopic (exact) mass is 405 g/mol. The predicted octanol–water partition coefficient (Wildman–Crippen LogP) is 2.28. The zero-order valence-corrected chi connectivity index (χ0v) is 17.6. The van der Waals surface area contributed by atoms with E-state index in [1.165, 1.54) is 18.3 Å². The number of nitrogens with zero attached hydrogens (tertiary/aromatic N) is 3. The summed E-state index contributed by atoms with van der Waals surface area (Å²) >= 11 is 0. The highest BCUT2D eigenvalue weighted by Crippen LogP contribution is 2.22. The minimum atomic E-state index is -3.35. The number of hydrogen-bond acceptors (Lipinski definition) is 7. The first-order valence-corrected chi connectivity index (χ1v) is 10.6. The molecule has 2 rings (SSSR count). The average molecular weight is 406 g/mol. The summed E-state index contributed by atoms with van der Waals surface area (Å²) in [5.41, 5.74) is 9.66. The Morgan fingerprint density at radius 1 is 1.21 bits per heavy atom. The number of carbonyl (C=O) groups is 1. The maximum absolute atomic E-state index is 12.5. The summed E-state index contributed by atoms with van der Waals surface area (Å²) in [6.45, 7) is 7.27. The summed E-state index contributed by atoms with van der Waals surface area (Å²) in [5.74, 6) is -0.425. The van der Waals surface area contributed by atoms with Crippen molar-refractivity contribution >= 4 is 21.6 Å². The number of rotatable bonds is 7. The molecular weight excluding hydrogens is 378 g/mol. The van der Waals surface area contributed by atoms with E-state index >= 15 is 0 Å². The molecule has 0 bridgehead atoms. The Bertz CT molecular complexity index is 943. The predicted molar refractivity (Wildman–Crippen MR) is 109 cm³/mol. The molecule has 3 N–H and O–H groups in total. The maximum atomic E-state index is 12.5.